The number of hydrogen-bond donors (Lipinski definition) is 0. The third-order valence-electron chi connectivity index (χ3n) is 12.6. The molecule has 9 rings (SSSR count). The average Bonchev–Trinajstić information content (AvgIpc) is 3.67. The lowest BCUT2D eigenvalue weighted by Gasteiger charge is -2.28. The Morgan fingerprint density at radius 3 is 1.78 bits per heavy atom. The fourth-order valence-corrected chi connectivity index (χ4v) is 9.25. The molecule has 0 unspecified atom stereocenters. The van der Waals surface area contributed by atoms with Gasteiger partial charge in [0.15, 0.2) is 0 Å². The van der Waals surface area contributed by atoms with E-state index in [1.54, 1.807) is 0 Å². The quantitative estimate of drug-likeness (QED) is 0.107. The fourth-order valence-electron chi connectivity index (χ4n) is 9.25. The third kappa shape index (κ3) is 8.99. The molecule has 330 valence electrons. The summed E-state index contributed by atoms with van der Waals surface area (Å²) in [5.74, 6) is 0. The zero-order valence-corrected chi connectivity index (χ0v) is 39.3. The minimum atomic E-state index is 0.961. The highest BCUT2D eigenvalue weighted by Crippen LogP contribution is 2.43. The van der Waals surface area contributed by atoms with Gasteiger partial charge in [0.2, 0.25) is 0 Å². The highest BCUT2D eigenvalue weighted by Gasteiger charge is 2.22. The van der Waals surface area contributed by atoms with Crippen LogP contribution < -0.4 is 25.1 Å². The van der Waals surface area contributed by atoms with Crippen molar-refractivity contribution in [2.24, 2.45) is 0 Å². The fraction of sp³-hybridized carbons (Fsp3) is 0.111. The number of aryl methyl sites for hydroxylation is 3. The summed E-state index contributed by atoms with van der Waals surface area (Å²) < 4.78 is 2.41. The molecule has 1 aliphatic rings. The molecule has 4 nitrogen and oxygen atoms in total. The number of rotatable bonds is 13. The maximum atomic E-state index is 4.41. The molecular formula is C63H58N4. The first kappa shape index (κ1) is 44.1. The number of fused-ring (bicyclic) bond motifs is 3. The van der Waals surface area contributed by atoms with Crippen LogP contribution in [0.1, 0.15) is 43.4 Å². The van der Waals surface area contributed by atoms with Crippen molar-refractivity contribution in [3.05, 3.63) is 257 Å². The highest BCUT2D eigenvalue weighted by atomic mass is 15.2. The minimum Gasteiger partial charge on any atom is -0.311 e. The Morgan fingerprint density at radius 1 is 0.582 bits per heavy atom. The molecule has 0 spiro atoms. The van der Waals surface area contributed by atoms with Gasteiger partial charge in [0, 0.05) is 67.7 Å². The SMILES string of the molecule is C=C/C(=C\C=C/C)N(C(/C=c1/cccc(C)c1=C)=C/C)c1ccc(-n2c3ccc(N(C4=CCCC=C4)c4cccc(C)c4)cc3c3cc(N(c4ccccc4)c4cccc(C)c4)ccc32)cc1. The number of allylic oxidation sites excluding steroid dienone is 9. The van der Waals surface area contributed by atoms with Gasteiger partial charge in [-0.15, -0.1) is 0 Å². The summed E-state index contributed by atoms with van der Waals surface area (Å²) in [5.41, 5.74) is 16.7. The van der Waals surface area contributed by atoms with Crippen molar-refractivity contribution >= 4 is 68.6 Å². The zero-order chi connectivity index (χ0) is 46.4. The van der Waals surface area contributed by atoms with Crippen molar-refractivity contribution in [1.82, 2.24) is 4.57 Å². The molecule has 0 fully saturated rings. The molecule has 0 atom stereocenters. The van der Waals surface area contributed by atoms with Gasteiger partial charge in [-0.3, -0.25) is 0 Å². The summed E-state index contributed by atoms with van der Waals surface area (Å²) in [6.07, 6.45) is 21.5. The Morgan fingerprint density at radius 2 is 1.18 bits per heavy atom. The van der Waals surface area contributed by atoms with Gasteiger partial charge in [-0.25, -0.2) is 0 Å². The van der Waals surface area contributed by atoms with E-state index in [0.717, 1.165) is 91.1 Å². The van der Waals surface area contributed by atoms with E-state index in [2.05, 4.69) is 260 Å². The number of hydrogen-bond acceptors (Lipinski definition) is 3. The molecule has 4 heteroatoms. The molecule has 1 aliphatic carbocycles. The third-order valence-corrected chi connectivity index (χ3v) is 12.6. The Bertz CT molecular complexity index is 3400. The number of nitrogens with zero attached hydrogens (tertiary/aromatic N) is 4. The van der Waals surface area contributed by atoms with E-state index >= 15 is 0 Å². The Kier molecular flexibility index (Phi) is 12.9. The van der Waals surface area contributed by atoms with E-state index in [4.69, 9.17) is 0 Å². The molecule has 0 aliphatic heterocycles. The number of benzene rings is 7. The van der Waals surface area contributed by atoms with Gasteiger partial charge in [-0.1, -0.05) is 104 Å². The van der Waals surface area contributed by atoms with E-state index in [1.807, 2.05) is 19.1 Å². The van der Waals surface area contributed by atoms with Crippen LogP contribution in [0.2, 0.25) is 0 Å². The summed E-state index contributed by atoms with van der Waals surface area (Å²) in [6, 6.07) is 57.4. The van der Waals surface area contributed by atoms with E-state index in [1.165, 1.54) is 27.6 Å². The lowest BCUT2D eigenvalue weighted by atomic mass is 10.1. The maximum Gasteiger partial charge on any atom is 0.0542 e. The summed E-state index contributed by atoms with van der Waals surface area (Å²) in [4.78, 5) is 7.03. The molecule has 1 heterocycles. The van der Waals surface area contributed by atoms with Crippen LogP contribution in [0.5, 0.6) is 0 Å². The predicted molar refractivity (Wildman–Crippen MR) is 290 cm³/mol. The smallest absolute Gasteiger partial charge is 0.0542 e. The molecule has 0 amide bonds. The molecule has 0 saturated carbocycles. The van der Waals surface area contributed by atoms with Crippen LogP contribution in [-0.4, -0.2) is 4.57 Å². The van der Waals surface area contributed by atoms with E-state index < -0.39 is 0 Å². The van der Waals surface area contributed by atoms with Gasteiger partial charge in [-0.05, 0) is 196 Å². The first-order valence-electron chi connectivity index (χ1n) is 23.3. The Labute approximate surface area is 396 Å². The summed E-state index contributed by atoms with van der Waals surface area (Å²) in [6.45, 7) is 19.2. The Hall–Kier alpha value is -8.08. The number of aromatic nitrogens is 1. The van der Waals surface area contributed by atoms with Crippen molar-refractivity contribution in [2.45, 2.75) is 47.5 Å². The molecular weight excluding hydrogens is 813 g/mol. The monoisotopic (exact) mass is 870 g/mol. The predicted octanol–water partition coefficient (Wildman–Crippen LogP) is 15.8. The minimum absolute atomic E-state index is 0.961. The summed E-state index contributed by atoms with van der Waals surface area (Å²) >= 11 is 0. The van der Waals surface area contributed by atoms with E-state index in [9.17, 15) is 0 Å². The molecule has 1 aromatic heterocycles. The molecule has 0 N–H and O–H groups in total. The van der Waals surface area contributed by atoms with Crippen LogP contribution in [0, 0.1) is 20.8 Å². The van der Waals surface area contributed by atoms with Crippen LogP contribution in [-0.2, 0) is 0 Å². The maximum absolute atomic E-state index is 4.41. The molecule has 67 heavy (non-hydrogen) atoms. The van der Waals surface area contributed by atoms with Crippen molar-refractivity contribution in [1.29, 1.82) is 0 Å². The topological polar surface area (TPSA) is 14.7 Å². The zero-order valence-electron chi connectivity index (χ0n) is 39.3. The van der Waals surface area contributed by atoms with Crippen molar-refractivity contribution < 1.29 is 0 Å². The molecule has 7 aromatic carbocycles. The van der Waals surface area contributed by atoms with Crippen LogP contribution in [0.3, 0.4) is 0 Å². The van der Waals surface area contributed by atoms with Crippen molar-refractivity contribution in [3.8, 4) is 5.69 Å². The van der Waals surface area contributed by atoms with Gasteiger partial charge in [0.05, 0.1) is 11.0 Å². The average molecular weight is 871 g/mol. The van der Waals surface area contributed by atoms with E-state index in [-0.39, 0.29) is 0 Å². The molecule has 8 aromatic rings. The normalized spacial score (nSPS) is 13.4. The second-order valence-corrected chi connectivity index (χ2v) is 17.2. The first-order valence-corrected chi connectivity index (χ1v) is 23.3. The Balaban J connectivity index is 1.25. The summed E-state index contributed by atoms with van der Waals surface area (Å²) in [7, 11) is 0. The number of para-hydroxylation sites is 1. The second kappa shape index (κ2) is 19.6. The van der Waals surface area contributed by atoms with Gasteiger partial charge in [0.25, 0.3) is 0 Å². The van der Waals surface area contributed by atoms with Gasteiger partial charge in [-0.2, -0.15) is 0 Å². The highest BCUT2D eigenvalue weighted by molar-refractivity contribution is 6.12. The van der Waals surface area contributed by atoms with Crippen molar-refractivity contribution in [2.75, 3.05) is 14.7 Å². The molecule has 0 bridgehead atoms. The summed E-state index contributed by atoms with van der Waals surface area (Å²) in [5, 5.41) is 4.44. The van der Waals surface area contributed by atoms with Crippen LogP contribution >= 0.6 is 0 Å². The molecule has 0 saturated heterocycles. The second-order valence-electron chi connectivity index (χ2n) is 17.2. The van der Waals surface area contributed by atoms with Crippen molar-refractivity contribution in [3.63, 3.8) is 0 Å². The lowest BCUT2D eigenvalue weighted by molar-refractivity contribution is 0.997. The van der Waals surface area contributed by atoms with Crippen LogP contribution in [0.25, 0.3) is 40.1 Å². The first-order chi connectivity index (χ1) is 32.8. The number of anilines is 6. The molecule has 0 radical (unpaired) electrons. The lowest BCUT2D eigenvalue weighted by Crippen LogP contribution is -2.28. The van der Waals surface area contributed by atoms with Crippen LogP contribution in [0.15, 0.2) is 230 Å². The largest absolute Gasteiger partial charge is 0.311 e. The van der Waals surface area contributed by atoms with Gasteiger partial charge < -0.3 is 19.3 Å². The standard InChI is InChI=1S/C63H58N4/c1-8-11-25-50(9-2)64(51(10-3)42-49-24-20-23-47(6)48(49)7)54-32-34-55(35-33-54)67-62-38-36-58(65(52-26-14-12-15-27-52)56-30-18-21-45(4)40-56)43-60(62)61-44-59(37-39-63(61)67)66(53-28-16-13-17-29-53)57-31-19-22-46(5)41-57/h8-12,14-16,18-44H,2,7,13,17H2,1,3-6H3/b11-8-,49-42-,50-25+,51-10+. The van der Waals surface area contributed by atoms with Gasteiger partial charge in [0.1, 0.15) is 0 Å². The van der Waals surface area contributed by atoms with Gasteiger partial charge >= 0.3 is 0 Å². The van der Waals surface area contributed by atoms with Crippen LogP contribution in [0.4, 0.5) is 34.1 Å². The van der Waals surface area contributed by atoms with E-state index in [0.29, 0.717) is 0 Å².